The van der Waals surface area contributed by atoms with Crippen LogP contribution in [0, 0.1) is 12.3 Å². The van der Waals surface area contributed by atoms with Crippen LogP contribution in [0.4, 0.5) is 0 Å². The average Bonchev–Trinajstić information content (AvgIpc) is 3.10. The van der Waals surface area contributed by atoms with Crippen molar-refractivity contribution in [2.45, 2.75) is 6.92 Å². The molecule has 0 bridgehead atoms. The summed E-state index contributed by atoms with van der Waals surface area (Å²) in [6, 6.07) is 15.2. The quantitative estimate of drug-likeness (QED) is 0.829. The first kappa shape index (κ1) is 17.2. The molecule has 0 aromatic heterocycles. The maximum absolute atomic E-state index is 12.5. The molecule has 2 aliphatic heterocycles. The molecule has 27 heavy (non-hydrogen) atoms. The van der Waals surface area contributed by atoms with E-state index in [1.807, 2.05) is 43.3 Å². The first-order valence-electron chi connectivity index (χ1n) is 8.26. The van der Waals surface area contributed by atoms with Gasteiger partial charge in [-0.25, -0.2) is 0 Å². The van der Waals surface area contributed by atoms with Gasteiger partial charge < -0.3 is 4.74 Å². The molecule has 134 valence electrons. The largest absolute Gasteiger partial charge is 0.497 e. The number of benzene rings is 2. The number of rotatable bonds is 3. The molecule has 0 radical (unpaired) electrons. The molecule has 2 aromatic carbocycles. The summed E-state index contributed by atoms with van der Waals surface area (Å²) >= 11 is 1.29. The fraction of sp³-hybridized carbons (Fsp3) is 0.100. The molecule has 0 aliphatic carbocycles. The summed E-state index contributed by atoms with van der Waals surface area (Å²) in [5.74, 6) is 0.316. The van der Waals surface area contributed by atoms with Gasteiger partial charge in [0.05, 0.1) is 12.7 Å². The summed E-state index contributed by atoms with van der Waals surface area (Å²) in [7, 11) is 1.60. The number of fused-ring (bicyclic) bond motifs is 1. The van der Waals surface area contributed by atoms with E-state index < -0.39 is 5.91 Å². The van der Waals surface area contributed by atoms with Crippen LogP contribution in [-0.4, -0.2) is 34.1 Å². The van der Waals surface area contributed by atoms with Crippen molar-refractivity contribution in [3.8, 4) is 5.75 Å². The number of amidine groups is 2. The Morgan fingerprint density at radius 2 is 1.81 bits per heavy atom. The number of thioether (sulfide) groups is 1. The van der Waals surface area contributed by atoms with Crippen molar-refractivity contribution >= 4 is 39.8 Å². The van der Waals surface area contributed by atoms with Crippen LogP contribution in [0.5, 0.6) is 5.75 Å². The number of carbonyl (C=O) groups is 1. The highest BCUT2D eigenvalue weighted by Crippen LogP contribution is 2.31. The van der Waals surface area contributed by atoms with Crippen molar-refractivity contribution in [1.82, 2.24) is 5.01 Å². The molecule has 0 spiro atoms. The Balaban J connectivity index is 1.65. The zero-order chi connectivity index (χ0) is 19.0. The van der Waals surface area contributed by atoms with Gasteiger partial charge in [-0.05, 0) is 42.5 Å². The van der Waals surface area contributed by atoms with Gasteiger partial charge >= 0.3 is 0 Å². The minimum absolute atomic E-state index is 0.0235. The minimum atomic E-state index is -0.435. The number of nitrogens with one attached hydrogen (secondary N) is 1. The molecule has 7 heteroatoms. The second kappa shape index (κ2) is 6.85. The lowest BCUT2D eigenvalue weighted by Crippen LogP contribution is -2.35. The molecule has 1 amide bonds. The van der Waals surface area contributed by atoms with Crippen LogP contribution in [0.1, 0.15) is 16.7 Å². The van der Waals surface area contributed by atoms with Crippen LogP contribution in [-0.2, 0) is 4.79 Å². The van der Waals surface area contributed by atoms with Gasteiger partial charge in [0.15, 0.2) is 5.84 Å². The smallest absolute Gasteiger partial charge is 0.283 e. The summed E-state index contributed by atoms with van der Waals surface area (Å²) in [5.41, 5.74) is 3.09. The second-order valence-electron chi connectivity index (χ2n) is 6.06. The van der Waals surface area contributed by atoms with Crippen LogP contribution < -0.4 is 4.74 Å². The van der Waals surface area contributed by atoms with Crippen LogP contribution in [0.3, 0.4) is 0 Å². The summed E-state index contributed by atoms with van der Waals surface area (Å²) in [5, 5.41) is 15.5. The number of amides is 1. The van der Waals surface area contributed by atoms with Crippen LogP contribution >= 0.6 is 11.8 Å². The Morgan fingerprint density at radius 3 is 2.48 bits per heavy atom. The number of carbonyl (C=O) groups excluding carboxylic acids is 1. The first-order chi connectivity index (χ1) is 13.0. The predicted molar refractivity (Wildman–Crippen MR) is 108 cm³/mol. The van der Waals surface area contributed by atoms with Crippen molar-refractivity contribution in [3.05, 3.63) is 70.8 Å². The van der Waals surface area contributed by atoms with Gasteiger partial charge in [-0.1, -0.05) is 42.0 Å². The predicted octanol–water partition coefficient (Wildman–Crippen LogP) is 3.67. The van der Waals surface area contributed by atoms with Crippen molar-refractivity contribution < 1.29 is 9.53 Å². The van der Waals surface area contributed by atoms with Crippen molar-refractivity contribution in [2.24, 2.45) is 10.1 Å². The van der Waals surface area contributed by atoms with Crippen LogP contribution in [0.15, 0.2) is 64.2 Å². The number of aryl methyl sites for hydroxylation is 1. The van der Waals surface area contributed by atoms with E-state index in [2.05, 4.69) is 10.1 Å². The SMILES string of the molecule is COc1ccc(/C=C2/C(=N)N3N=C(c4ccc(C)cc4)SC3=NC2=O)cc1. The van der Waals surface area contributed by atoms with Crippen molar-refractivity contribution in [1.29, 1.82) is 5.41 Å². The average molecular weight is 376 g/mol. The second-order valence-corrected chi connectivity index (χ2v) is 7.02. The minimum Gasteiger partial charge on any atom is -0.497 e. The molecule has 2 aromatic rings. The van der Waals surface area contributed by atoms with Gasteiger partial charge in [0.25, 0.3) is 5.91 Å². The van der Waals surface area contributed by atoms with E-state index in [1.165, 1.54) is 16.8 Å². The number of ether oxygens (including phenoxy) is 1. The third kappa shape index (κ3) is 3.29. The van der Waals surface area contributed by atoms with Crippen molar-refractivity contribution in [2.75, 3.05) is 7.11 Å². The van der Waals surface area contributed by atoms with Gasteiger partial charge in [0.2, 0.25) is 5.17 Å². The summed E-state index contributed by atoms with van der Waals surface area (Å²) in [6.45, 7) is 2.02. The van der Waals surface area contributed by atoms with Crippen molar-refractivity contribution in [3.63, 3.8) is 0 Å². The Kier molecular flexibility index (Phi) is 4.37. The third-order valence-electron chi connectivity index (χ3n) is 4.18. The van der Waals surface area contributed by atoms with Gasteiger partial charge in [-0.15, -0.1) is 0 Å². The van der Waals surface area contributed by atoms with E-state index >= 15 is 0 Å². The number of hydrazone groups is 1. The number of hydrogen-bond donors (Lipinski definition) is 1. The summed E-state index contributed by atoms with van der Waals surface area (Å²) in [4.78, 5) is 16.6. The first-order valence-corrected chi connectivity index (χ1v) is 9.08. The lowest BCUT2D eigenvalue weighted by Gasteiger charge is -2.20. The molecule has 0 saturated heterocycles. The molecule has 0 unspecified atom stereocenters. The summed E-state index contributed by atoms with van der Waals surface area (Å²) in [6.07, 6.45) is 1.65. The monoisotopic (exact) mass is 376 g/mol. The molecule has 2 heterocycles. The Morgan fingerprint density at radius 1 is 1.11 bits per heavy atom. The molecule has 1 N–H and O–H groups in total. The van der Waals surface area contributed by atoms with Crippen LogP contribution in [0.25, 0.3) is 6.08 Å². The standard InChI is InChI=1S/C20H16N4O2S/c1-12-3-7-14(8-4-12)19-23-24-17(21)16(18(25)22-20(24)27-19)11-13-5-9-15(26-2)10-6-13/h3-11,21H,1-2H3/b16-11-,21-17?. The topological polar surface area (TPSA) is 78.1 Å². The molecular formula is C20H16N4O2S. The van der Waals surface area contributed by atoms with E-state index in [-0.39, 0.29) is 11.4 Å². The molecule has 4 rings (SSSR count). The zero-order valence-corrected chi connectivity index (χ0v) is 15.6. The molecular weight excluding hydrogens is 360 g/mol. The fourth-order valence-corrected chi connectivity index (χ4v) is 3.57. The molecule has 0 saturated carbocycles. The molecule has 0 fully saturated rings. The van der Waals surface area contributed by atoms with Crippen LogP contribution in [0.2, 0.25) is 0 Å². The molecule has 2 aliphatic rings. The zero-order valence-electron chi connectivity index (χ0n) is 14.8. The van der Waals surface area contributed by atoms with Gasteiger partial charge in [-0.3, -0.25) is 10.2 Å². The number of nitrogens with zero attached hydrogens (tertiary/aromatic N) is 3. The van der Waals surface area contributed by atoms with Gasteiger partial charge in [0, 0.05) is 5.56 Å². The maximum Gasteiger partial charge on any atom is 0.283 e. The number of hydrogen-bond acceptors (Lipinski definition) is 5. The van der Waals surface area contributed by atoms with E-state index in [0.29, 0.717) is 5.17 Å². The highest BCUT2D eigenvalue weighted by Gasteiger charge is 2.35. The normalized spacial score (nSPS) is 17.7. The maximum atomic E-state index is 12.5. The third-order valence-corrected chi connectivity index (χ3v) is 5.14. The van der Waals surface area contributed by atoms with Gasteiger partial charge in [0.1, 0.15) is 10.8 Å². The van der Waals surface area contributed by atoms with Gasteiger partial charge in [-0.2, -0.15) is 15.1 Å². The highest BCUT2D eigenvalue weighted by atomic mass is 32.2. The Bertz CT molecular complexity index is 1020. The lowest BCUT2D eigenvalue weighted by atomic mass is 10.1. The molecule has 0 atom stereocenters. The fourth-order valence-electron chi connectivity index (χ4n) is 2.67. The van der Waals surface area contributed by atoms with E-state index in [4.69, 9.17) is 10.1 Å². The number of aliphatic imine (C=N–C) groups is 1. The summed E-state index contributed by atoms with van der Waals surface area (Å²) < 4.78 is 5.14. The van der Waals surface area contributed by atoms with E-state index in [0.717, 1.165) is 27.5 Å². The Hall–Kier alpha value is -3.19. The highest BCUT2D eigenvalue weighted by molar-refractivity contribution is 8.27. The Labute approximate surface area is 160 Å². The lowest BCUT2D eigenvalue weighted by molar-refractivity contribution is -0.114. The molecule has 6 nitrogen and oxygen atoms in total. The number of methoxy groups -OCH3 is 1. The van der Waals surface area contributed by atoms with E-state index in [1.54, 1.807) is 25.3 Å². The van der Waals surface area contributed by atoms with E-state index in [9.17, 15) is 4.79 Å².